The molecule has 0 spiro atoms. The summed E-state index contributed by atoms with van der Waals surface area (Å²) < 4.78 is 0. The van der Waals surface area contributed by atoms with Crippen molar-refractivity contribution in [2.24, 2.45) is 5.73 Å². The average Bonchev–Trinajstić information content (AvgIpc) is 2.26. The third-order valence-electron chi connectivity index (χ3n) is 3.44. The summed E-state index contributed by atoms with van der Waals surface area (Å²) in [6.07, 6.45) is 7.83. The summed E-state index contributed by atoms with van der Waals surface area (Å²) in [4.78, 5) is 13.9. The molecule has 2 N–H and O–H groups in total. The van der Waals surface area contributed by atoms with Gasteiger partial charge in [0.15, 0.2) is 0 Å². The zero-order valence-electron chi connectivity index (χ0n) is 10.4. The molecule has 3 heteroatoms. The maximum Gasteiger partial charge on any atom is 0.224 e. The number of amides is 1. The Morgan fingerprint density at radius 3 is 2.56 bits per heavy atom. The van der Waals surface area contributed by atoms with E-state index in [0.29, 0.717) is 13.0 Å². The smallest absolute Gasteiger partial charge is 0.224 e. The van der Waals surface area contributed by atoms with Crippen LogP contribution in [-0.2, 0) is 4.79 Å². The number of carbonyl (C=O) groups is 1. The van der Waals surface area contributed by atoms with Crippen LogP contribution in [-0.4, -0.2) is 29.4 Å². The molecule has 1 amide bonds. The zero-order chi connectivity index (χ0) is 12.0. The average molecular weight is 224 g/mol. The summed E-state index contributed by atoms with van der Waals surface area (Å²) in [6, 6.07) is 0. The highest BCUT2D eigenvalue weighted by molar-refractivity contribution is 5.77. The third kappa shape index (κ3) is 3.63. The van der Waals surface area contributed by atoms with Crippen molar-refractivity contribution in [1.82, 2.24) is 4.90 Å². The van der Waals surface area contributed by atoms with E-state index in [1.54, 1.807) is 6.08 Å². The lowest BCUT2D eigenvalue weighted by Gasteiger charge is -2.34. The van der Waals surface area contributed by atoms with Gasteiger partial charge in [0.1, 0.15) is 0 Å². The molecule has 0 aromatic rings. The molecule has 1 rings (SSSR count). The predicted octanol–water partition coefficient (Wildman–Crippen LogP) is 2.07. The quantitative estimate of drug-likeness (QED) is 0.727. The molecule has 1 fully saturated rings. The van der Waals surface area contributed by atoms with E-state index in [2.05, 4.69) is 6.58 Å². The highest BCUT2D eigenvalue weighted by atomic mass is 16.2. The third-order valence-corrected chi connectivity index (χ3v) is 3.44. The van der Waals surface area contributed by atoms with Gasteiger partial charge >= 0.3 is 0 Å². The largest absolute Gasteiger partial charge is 0.339 e. The van der Waals surface area contributed by atoms with Crippen LogP contribution < -0.4 is 5.73 Å². The Bertz CT molecular complexity index is 244. The van der Waals surface area contributed by atoms with Gasteiger partial charge in [0.05, 0.1) is 0 Å². The first-order valence-electron chi connectivity index (χ1n) is 6.29. The van der Waals surface area contributed by atoms with Crippen LogP contribution in [0.15, 0.2) is 12.7 Å². The van der Waals surface area contributed by atoms with Crippen LogP contribution in [0.3, 0.4) is 0 Å². The van der Waals surface area contributed by atoms with E-state index >= 15 is 0 Å². The Morgan fingerprint density at radius 2 is 2.06 bits per heavy atom. The molecule has 0 radical (unpaired) electrons. The monoisotopic (exact) mass is 224 g/mol. The second-order valence-corrected chi connectivity index (χ2v) is 4.82. The van der Waals surface area contributed by atoms with Gasteiger partial charge in [-0.2, -0.15) is 0 Å². The lowest BCUT2D eigenvalue weighted by Crippen LogP contribution is -2.47. The molecular weight excluding hydrogens is 200 g/mol. The summed E-state index contributed by atoms with van der Waals surface area (Å²) in [6.45, 7) is 7.03. The molecule has 1 saturated carbocycles. The fraction of sp³-hybridized carbons (Fsp3) is 0.769. The standard InChI is InChI=1S/C13H24N2O/c1-3-10-15(4-2)12(16)11-13(14)8-6-5-7-9-13/h3H,1,4-11,14H2,2H3. The Hall–Kier alpha value is -0.830. The van der Waals surface area contributed by atoms with Gasteiger partial charge in [0.2, 0.25) is 5.91 Å². The topological polar surface area (TPSA) is 46.3 Å². The second-order valence-electron chi connectivity index (χ2n) is 4.82. The van der Waals surface area contributed by atoms with Crippen LogP contribution >= 0.6 is 0 Å². The molecule has 0 aromatic heterocycles. The van der Waals surface area contributed by atoms with Crippen LogP contribution in [0.4, 0.5) is 0 Å². The SMILES string of the molecule is C=CCN(CC)C(=O)CC1(N)CCCCC1. The lowest BCUT2D eigenvalue weighted by molar-refractivity contribution is -0.132. The Morgan fingerprint density at radius 1 is 1.44 bits per heavy atom. The maximum absolute atomic E-state index is 12.0. The van der Waals surface area contributed by atoms with Crippen molar-refractivity contribution in [3.8, 4) is 0 Å². The fourth-order valence-electron chi connectivity index (χ4n) is 2.41. The van der Waals surface area contributed by atoms with E-state index in [0.717, 1.165) is 32.2 Å². The number of carbonyl (C=O) groups excluding carboxylic acids is 1. The number of likely N-dealkylation sites (N-methyl/N-ethyl adjacent to an activating group) is 1. The molecule has 0 bridgehead atoms. The van der Waals surface area contributed by atoms with E-state index in [4.69, 9.17) is 5.73 Å². The van der Waals surface area contributed by atoms with Crippen molar-refractivity contribution in [3.63, 3.8) is 0 Å². The van der Waals surface area contributed by atoms with Crippen molar-refractivity contribution in [1.29, 1.82) is 0 Å². The minimum atomic E-state index is -0.246. The molecule has 0 heterocycles. The van der Waals surface area contributed by atoms with Crippen molar-refractivity contribution in [2.45, 2.75) is 51.0 Å². The summed E-state index contributed by atoms with van der Waals surface area (Å²) in [5.41, 5.74) is 6.03. The minimum absolute atomic E-state index is 0.173. The van der Waals surface area contributed by atoms with E-state index in [9.17, 15) is 4.79 Å². The van der Waals surface area contributed by atoms with Gasteiger partial charge in [-0.25, -0.2) is 0 Å². The molecular formula is C13H24N2O. The number of nitrogens with zero attached hydrogens (tertiary/aromatic N) is 1. The van der Waals surface area contributed by atoms with Gasteiger partial charge in [-0.05, 0) is 19.8 Å². The van der Waals surface area contributed by atoms with E-state index < -0.39 is 0 Å². The number of nitrogens with two attached hydrogens (primary N) is 1. The molecule has 3 nitrogen and oxygen atoms in total. The molecule has 0 aliphatic heterocycles. The summed E-state index contributed by atoms with van der Waals surface area (Å²) >= 11 is 0. The van der Waals surface area contributed by atoms with Crippen LogP contribution in [0.1, 0.15) is 45.4 Å². The molecule has 0 aromatic carbocycles. The number of rotatable bonds is 5. The van der Waals surface area contributed by atoms with Gasteiger partial charge in [-0.15, -0.1) is 6.58 Å². The lowest BCUT2D eigenvalue weighted by atomic mass is 9.80. The Kier molecular flexibility index (Phi) is 5.00. The number of hydrogen-bond donors (Lipinski definition) is 1. The highest BCUT2D eigenvalue weighted by Crippen LogP contribution is 2.29. The van der Waals surface area contributed by atoms with Gasteiger partial charge in [0, 0.05) is 25.0 Å². The molecule has 0 atom stereocenters. The van der Waals surface area contributed by atoms with Crippen LogP contribution in [0, 0.1) is 0 Å². The second kappa shape index (κ2) is 6.04. The fourth-order valence-corrected chi connectivity index (χ4v) is 2.41. The minimum Gasteiger partial charge on any atom is -0.339 e. The van der Waals surface area contributed by atoms with E-state index in [1.165, 1.54) is 6.42 Å². The Balaban J connectivity index is 2.50. The first kappa shape index (κ1) is 13.2. The summed E-state index contributed by atoms with van der Waals surface area (Å²) in [7, 11) is 0. The first-order chi connectivity index (χ1) is 7.61. The van der Waals surface area contributed by atoms with Crippen LogP contribution in [0.2, 0.25) is 0 Å². The van der Waals surface area contributed by atoms with Crippen LogP contribution in [0.5, 0.6) is 0 Å². The molecule has 1 aliphatic carbocycles. The molecule has 16 heavy (non-hydrogen) atoms. The van der Waals surface area contributed by atoms with Gasteiger partial charge in [0.25, 0.3) is 0 Å². The van der Waals surface area contributed by atoms with Gasteiger partial charge < -0.3 is 10.6 Å². The van der Waals surface area contributed by atoms with Crippen molar-refractivity contribution >= 4 is 5.91 Å². The molecule has 92 valence electrons. The zero-order valence-corrected chi connectivity index (χ0v) is 10.4. The predicted molar refractivity (Wildman–Crippen MR) is 67.1 cm³/mol. The summed E-state index contributed by atoms with van der Waals surface area (Å²) in [5.74, 6) is 0.173. The van der Waals surface area contributed by atoms with Gasteiger partial charge in [-0.3, -0.25) is 4.79 Å². The maximum atomic E-state index is 12.0. The molecule has 0 saturated heterocycles. The van der Waals surface area contributed by atoms with Gasteiger partial charge in [-0.1, -0.05) is 25.3 Å². The van der Waals surface area contributed by atoms with Crippen molar-refractivity contribution < 1.29 is 4.79 Å². The first-order valence-corrected chi connectivity index (χ1v) is 6.29. The van der Waals surface area contributed by atoms with E-state index in [1.807, 2.05) is 11.8 Å². The summed E-state index contributed by atoms with van der Waals surface area (Å²) in [5, 5.41) is 0. The van der Waals surface area contributed by atoms with Crippen molar-refractivity contribution in [3.05, 3.63) is 12.7 Å². The molecule has 1 aliphatic rings. The van der Waals surface area contributed by atoms with Crippen LogP contribution in [0.25, 0.3) is 0 Å². The van der Waals surface area contributed by atoms with E-state index in [-0.39, 0.29) is 11.4 Å². The highest BCUT2D eigenvalue weighted by Gasteiger charge is 2.31. The normalized spacial score (nSPS) is 19.1. The molecule has 0 unspecified atom stereocenters. The van der Waals surface area contributed by atoms with Crippen molar-refractivity contribution in [2.75, 3.05) is 13.1 Å². The number of hydrogen-bond acceptors (Lipinski definition) is 2. The Labute approximate surface area is 98.7 Å².